The summed E-state index contributed by atoms with van der Waals surface area (Å²) in [6.07, 6.45) is 3.57. The lowest BCUT2D eigenvalue weighted by atomic mass is 9.69. The fourth-order valence-electron chi connectivity index (χ4n) is 1.95. The van der Waals surface area contributed by atoms with Gasteiger partial charge in [0, 0.05) is 18.2 Å². The molecule has 2 heterocycles. The van der Waals surface area contributed by atoms with Crippen LogP contribution in [0.4, 0.5) is 0 Å². The second-order valence-electron chi connectivity index (χ2n) is 4.12. The molecule has 1 aliphatic rings. The minimum atomic E-state index is -0.255. The lowest BCUT2D eigenvalue weighted by molar-refractivity contribution is 0.480. The number of pyridine rings is 1. The first kappa shape index (κ1) is 10.2. The summed E-state index contributed by atoms with van der Waals surface area (Å²) in [6.45, 7) is 2.09. The van der Waals surface area contributed by atoms with E-state index in [4.69, 9.17) is 9.31 Å². The van der Waals surface area contributed by atoms with Crippen molar-refractivity contribution in [2.45, 2.75) is 12.7 Å². The second kappa shape index (κ2) is 4.13. The van der Waals surface area contributed by atoms with Gasteiger partial charge in [-0.3, -0.25) is 4.98 Å². The molecule has 1 unspecified atom stereocenters. The Balaban J connectivity index is 1.81. The summed E-state index contributed by atoms with van der Waals surface area (Å²) in [4.78, 5) is 4.01. The molecule has 0 saturated heterocycles. The number of hydrogen-bond acceptors (Lipinski definition) is 3. The third-order valence-electron chi connectivity index (χ3n) is 2.98. The summed E-state index contributed by atoms with van der Waals surface area (Å²) in [7, 11) is -0.255. The Labute approximate surface area is 101 Å². The van der Waals surface area contributed by atoms with E-state index >= 15 is 0 Å². The summed E-state index contributed by atoms with van der Waals surface area (Å²) >= 11 is 0. The fraction of sp³-hybridized carbons (Fsp3) is 0.154. The molecule has 0 N–H and O–H groups in total. The van der Waals surface area contributed by atoms with Crippen LogP contribution in [-0.2, 0) is 0 Å². The molecule has 2 aromatic rings. The number of para-hydroxylation sites is 2. The molecule has 0 radical (unpaired) electrons. The highest BCUT2D eigenvalue weighted by atomic mass is 16.6. The van der Waals surface area contributed by atoms with Crippen LogP contribution in [0.25, 0.3) is 0 Å². The van der Waals surface area contributed by atoms with Crippen molar-refractivity contribution in [3.05, 3.63) is 54.4 Å². The summed E-state index contributed by atoms with van der Waals surface area (Å²) < 4.78 is 11.6. The van der Waals surface area contributed by atoms with Crippen molar-refractivity contribution in [3.63, 3.8) is 0 Å². The molecule has 0 fully saturated rings. The molecule has 1 aromatic carbocycles. The van der Waals surface area contributed by atoms with E-state index in [9.17, 15) is 0 Å². The van der Waals surface area contributed by atoms with Gasteiger partial charge < -0.3 is 9.31 Å². The SMILES string of the molecule is CC(B1Oc2ccccc2O1)c1ccncc1. The van der Waals surface area contributed by atoms with Crippen LogP contribution in [0.15, 0.2) is 48.8 Å². The molecule has 0 spiro atoms. The van der Waals surface area contributed by atoms with Gasteiger partial charge in [-0.25, -0.2) is 0 Å². The largest absolute Gasteiger partial charge is 0.602 e. The number of aromatic nitrogens is 1. The van der Waals surface area contributed by atoms with Crippen molar-refractivity contribution in [2.24, 2.45) is 0 Å². The lowest BCUT2D eigenvalue weighted by Crippen LogP contribution is -2.31. The average Bonchev–Trinajstić information content (AvgIpc) is 2.82. The first-order valence-electron chi connectivity index (χ1n) is 5.67. The topological polar surface area (TPSA) is 31.4 Å². The Morgan fingerprint density at radius 1 is 1.00 bits per heavy atom. The zero-order valence-corrected chi connectivity index (χ0v) is 9.54. The third-order valence-corrected chi connectivity index (χ3v) is 2.98. The van der Waals surface area contributed by atoms with Crippen molar-refractivity contribution in [1.29, 1.82) is 0 Å². The van der Waals surface area contributed by atoms with Crippen LogP contribution in [0.1, 0.15) is 18.3 Å². The zero-order valence-electron chi connectivity index (χ0n) is 9.54. The summed E-state index contributed by atoms with van der Waals surface area (Å²) in [6, 6.07) is 11.7. The van der Waals surface area contributed by atoms with Crippen molar-refractivity contribution in [3.8, 4) is 11.5 Å². The molecule has 1 aliphatic heterocycles. The van der Waals surface area contributed by atoms with Gasteiger partial charge in [0.25, 0.3) is 0 Å². The molecular weight excluding hydrogens is 213 g/mol. The highest BCUT2D eigenvalue weighted by molar-refractivity contribution is 6.49. The first-order chi connectivity index (χ1) is 8.34. The fourth-order valence-corrected chi connectivity index (χ4v) is 1.95. The maximum Gasteiger partial charge on any atom is 0.602 e. The number of benzene rings is 1. The number of nitrogens with zero attached hydrogens (tertiary/aromatic N) is 1. The monoisotopic (exact) mass is 225 g/mol. The van der Waals surface area contributed by atoms with E-state index < -0.39 is 0 Å². The van der Waals surface area contributed by atoms with Crippen molar-refractivity contribution < 1.29 is 9.31 Å². The van der Waals surface area contributed by atoms with E-state index in [2.05, 4.69) is 11.9 Å². The molecule has 0 bridgehead atoms. The molecule has 0 aliphatic carbocycles. The predicted octanol–water partition coefficient (Wildman–Crippen LogP) is 2.68. The Bertz CT molecular complexity index is 493. The molecule has 1 aromatic heterocycles. The molecule has 84 valence electrons. The van der Waals surface area contributed by atoms with E-state index in [1.807, 2.05) is 36.4 Å². The number of fused-ring (bicyclic) bond motifs is 1. The standard InChI is InChI=1S/C13H12BNO2/c1-10(11-6-8-15-9-7-11)14-16-12-4-2-3-5-13(12)17-14/h2-10H,1H3. The maximum absolute atomic E-state index is 5.78. The Morgan fingerprint density at radius 2 is 1.59 bits per heavy atom. The van der Waals surface area contributed by atoms with Crippen LogP contribution in [0, 0.1) is 0 Å². The van der Waals surface area contributed by atoms with Crippen LogP contribution in [0.2, 0.25) is 0 Å². The van der Waals surface area contributed by atoms with Crippen molar-refractivity contribution in [2.75, 3.05) is 0 Å². The second-order valence-corrected chi connectivity index (χ2v) is 4.12. The molecule has 3 rings (SSSR count). The van der Waals surface area contributed by atoms with Gasteiger partial charge in [-0.2, -0.15) is 0 Å². The highest BCUT2D eigenvalue weighted by Crippen LogP contribution is 2.36. The molecule has 17 heavy (non-hydrogen) atoms. The van der Waals surface area contributed by atoms with Crippen LogP contribution >= 0.6 is 0 Å². The van der Waals surface area contributed by atoms with Crippen LogP contribution < -0.4 is 9.31 Å². The lowest BCUT2D eigenvalue weighted by Gasteiger charge is -2.13. The average molecular weight is 225 g/mol. The zero-order chi connectivity index (χ0) is 11.7. The van der Waals surface area contributed by atoms with E-state index in [-0.39, 0.29) is 12.9 Å². The summed E-state index contributed by atoms with van der Waals surface area (Å²) in [5.41, 5.74) is 1.16. The minimum Gasteiger partial charge on any atom is -0.523 e. The van der Waals surface area contributed by atoms with E-state index in [0.29, 0.717) is 0 Å². The molecule has 1 atom stereocenters. The van der Waals surface area contributed by atoms with Crippen molar-refractivity contribution >= 4 is 7.12 Å². The van der Waals surface area contributed by atoms with Crippen molar-refractivity contribution in [1.82, 2.24) is 4.98 Å². The van der Waals surface area contributed by atoms with E-state index in [1.165, 1.54) is 0 Å². The van der Waals surface area contributed by atoms with Gasteiger partial charge >= 0.3 is 7.12 Å². The quantitative estimate of drug-likeness (QED) is 0.736. The van der Waals surface area contributed by atoms with E-state index in [0.717, 1.165) is 17.1 Å². The number of hydrogen-bond donors (Lipinski definition) is 0. The Kier molecular flexibility index (Phi) is 2.48. The van der Waals surface area contributed by atoms with Gasteiger partial charge in [-0.15, -0.1) is 0 Å². The summed E-state index contributed by atoms with van der Waals surface area (Å²) in [5, 5.41) is 0. The maximum atomic E-state index is 5.78. The van der Waals surface area contributed by atoms with Crippen LogP contribution in [0.3, 0.4) is 0 Å². The van der Waals surface area contributed by atoms with Gasteiger partial charge in [0.2, 0.25) is 0 Å². The van der Waals surface area contributed by atoms with E-state index in [1.54, 1.807) is 12.4 Å². The number of rotatable bonds is 2. The highest BCUT2D eigenvalue weighted by Gasteiger charge is 2.38. The van der Waals surface area contributed by atoms with Gasteiger partial charge in [0.05, 0.1) is 0 Å². The van der Waals surface area contributed by atoms with Gasteiger partial charge in [0.1, 0.15) is 11.5 Å². The summed E-state index contributed by atoms with van der Waals surface area (Å²) in [5.74, 6) is 1.81. The molecule has 4 heteroatoms. The van der Waals surface area contributed by atoms with Gasteiger partial charge in [-0.1, -0.05) is 19.1 Å². The predicted molar refractivity (Wildman–Crippen MR) is 66.1 cm³/mol. The molecule has 0 amide bonds. The Hall–Kier alpha value is -1.97. The smallest absolute Gasteiger partial charge is 0.523 e. The normalized spacial score (nSPS) is 14.8. The van der Waals surface area contributed by atoms with Crippen LogP contribution in [0.5, 0.6) is 11.5 Å². The molecular formula is C13H12BNO2. The minimum absolute atomic E-state index is 0.172. The molecule has 0 saturated carbocycles. The van der Waals surface area contributed by atoms with Crippen LogP contribution in [-0.4, -0.2) is 12.1 Å². The van der Waals surface area contributed by atoms with Gasteiger partial charge in [0.15, 0.2) is 0 Å². The van der Waals surface area contributed by atoms with Gasteiger partial charge in [-0.05, 0) is 29.8 Å². The first-order valence-corrected chi connectivity index (χ1v) is 5.67. The molecule has 3 nitrogen and oxygen atoms in total. The third kappa shape index (κ3) is 1.86. The Morgan fingerprint density at radius 3 is 2.18 bits per heavy atom.